The van der Waals surface area contributed by atoms with Crippen LogP contribution in [0.3, 0.4) is 0 Å². The lowest BCUT2D eigenvalue weighted by Crippen LogP contribution is -2.23. The summed E-state index contributed by atoms with van der Waals surface area (Å²) in [6.45, 7) is 2.49. The van der Waals surface area contributed by atoms with E-state index >= 15 is 0 Å². The fraction of sp³-hybridized carbons (Fsp3) is 0.556. The first-order chi connectivity index (χ1) is 6.59. The van der Waals surface area contributed by atoms with Crippen LogP contribution in [-0.2, 0) is 0 Å². The van der Waals surface area contributed by atoms with E-state index in [9.17, 15) is 0 Å². The monoisotopic (exact) mass is 196 g/mol. The molecule has 0 aliphatic heterocycles. The van der Waals surface area contributed by atoms with Gasteiger partial charge in [-0.05, 0) is 13.3 Å². The summed E-state index contributed by atoms with van der Waals surface area (Å²) >= 11 is 0. The maximum absolute atomic E-state index is 9.12. The lowest BCUT2D eigenvalue weighted by atomic mass is 10.3. The molecule has 1 aromatic heterocycles. The largest absolute Gasteiger partial charge is 0.393 e. The number of aliphatic hydroxyl groups excluding tert-OH is 1. The fourth-order valence-electron chi connectivity index (χ4n) is 1.05. The van der Waals surface area contributed by atoms with Crippen LogP contribution in [0.1, 0.15) is 13.3 Å². The van der Waals surface area contributed by atoms with Crippen molar-refractivity contribution in [3.05, 3.63) is 12.4 Å². The minimum Gasteiger partial charge on any atom is -0.393 e. The second-order valence-electron chi connectivity index (χ2n) is 3.36. The molecule has 78 valence electrons. The second kappa shape index (κ2) is 4.76. The van der Waals surface area contributed by atoms with E-state index in [4.69, 9.17) is 10.8 Å². The molecule has 1 aromatic rings. The molecule has 0 fully saturated rings. The summed E-state index contributed by atoms with van der Waals surface area (Å²) in [7, 11) is 1.89. The number of rotatable bonds is 4. The number of hydrogen-bond acceptors (Lipinski definition) is 5. The van der Waals surface area contributed by atoms with Gasteiger partial charge in [0, 0.05) is 13.6 Å². The van der Waals surface area contributed by atoms with Crippen LogP contribution in [0.4, 0.5) is 11.6 Å². The first kappa shape index (κ1) is 10.7. The lowest BCUT2D eigenvalue weighted by Gasteiger charge is -2.18. The molecule has 3 N–H and O–H groups in total. The van der Waals surface area contributed by atoms with Crippen LogP contribution in [0.15, 0.2) is 12.4 Å². The molecule has 0 aliphatic carbocycles. The Morgan fingerprint density at radius 1 is 1.57 bits per heavy atom. The van der Waals surface area contributed by atoms with Crippen LogP contribution in [0.5, 0.6) is 0 Å². The van der Waals surface area contributed by atoms with E-state index in [1.807, 2.05) is 11.9 Å². The van der Waals surface area contributed by atoms with E-state index in [1.165, 1.54) is 6.20 Å². The molecule has 5 nitrogen and oxygen atoms in total. The van der Waals surface area contributed by atoms with Crippen molar-refractivity contribution in [2.45, 2.75) is 19.4 Å². The first-order valence-corrected chi connectivity index (χ1v) is 4.56. The molecule has 0 saturated carbocycles. The zero-order chi connectivity index (χ0) is 10.6. The third-order valence-electron chi connectivity index (χ3n) is 1.91. The summed E-state index contributed by atoms with van der Waals surface area (Å²) in [5.74, 6) is 1.14. The van der Waals surface area contributed by atoms with Gasteiger partial charge in [-0.2, -0.15) is 0 Å². The second-order valence-corrected chi connectivity index (χ2v) is 3.36. The molecule has 0 spiro atoms. The lowest BCUT2D eigenvalue weighted by molar-refractivity contribution is 0.187. The van der Waals surface area contributed by atoms with Gasteiger partial charge in [0.15, 0.2) is 0 Å². The number of anilines is 2. The van der Waals surface area contributed by atoms with Gasteiger partial charge < -0.3 is 15.7 Å². The molecular weight excluding hydrogens is 180 g/mol. The Morgan fingerprint density at radius 2 is 2.29 bits per heavy atom. The molecule has 0 radical (unpaired) electrons. The maximum Gasteiger partial charge on any atom is 0.149 e. The SMILES string of the molecule is CC(O)CCN(C)c1cncc(N)n1. The number of nitrogens with two attached hydrogens (primary N) is 1. The number of nitrogens with zero attached hydrogens (tertiary/aromatic N) is 3. The van der Waals surface area contributed by atoms with Crippen molar-refractivity contribution >= 4 is 11.6 Å². The highest BCUT2D eigenvalue weighted by Crippen LogP contribution is 2.09. The van der Waals surface area contributed by atoms with Gasteiger partial charge in [0.1, 0.15) is 11.6 Å². The Hall–Kier alpha value is -1.36. The topological polar surface area (TPSA) is 75.3 Å². The van der Waals surface area contributed by atoms with Crippen molar-refractivity contribution in [1.29, 1.82) is 0 Å². The normalized spacial score (nSPS) is 12.5. The summed E-state index contributed by atoms with van der Waals surface area (Å²) in [6, 6.07) is 0. The summed E-state index contributed by atoms with van der Waals surface area (Å²) in [5, 5.41) is 9.12. The summed E-state index contributed by atoms with van der Waals surface area (Å²) < 4.78 is 0. The predicted molar refractivity (Wildman–Crippen MR) is 56.0 cm³/mol. The van der Waals surface area contributed by atoms with E-state index < -0.39 is 0 Å². The van der Waals surface area contributed by atoms with Crippen LogP contribution in [0, 0.1) is 0 Å². The van der Waals surface area contributed by atoms with Crippen molar-refractivity contribution < 1.29 is 5.11 Å². The minimum atomic E-state index is -0.300. The van der Waals surface area contributed by atoms with E-state index in [2.05, 4.69) is 9.97 Å². The number of aromatic nitrogens is 2. The first-order valence-electron chi connectivity index (χ1n) is 4.56. The van der Waals surface area contributed by atoms with Gasteiger partial charge in [0.2, 0.25) is 0 Å². The van der Waals surface area contributed by atoms with Gasteiger partial charge in [0.05, 0.1) is 18.5 Å². The Morgan fingerprint density at radius 3 is 2.86 bits per heavy atom. The van der Waals surface area contributed by atoms with E-state index in [-0.39, 0.29) is 6.10 Å². The van der Waals surface area contributed by atoms with Crippen LogP contribution >= 0.6 is 0 Å². The van der Waals surface area contributed by atoms with Gasteiger partial charge in [-0.1, -0.05) is 0 Å². The summed E-state index contributed by atoms with van der Waals surface area (Å²) in [6.07, 6.45) is 3.56. The third-order valence-corrected chi connectivity index (χ3v) is 1.91. The Bertz CT molecular complexity index is 290. The maximum atomic E-state index is 9.12. The standard InChI is InChI=1S/C9H16N4O/c1-7(14)3-4-13(2)9-6-11-5-8(10)12-9/h5-7,14H,3-4H2,1-2H3,(H2,10,12). The molecule has 1 atom stereocenters. The fourth-order valence-corrected chi connectivity index (χ4v) is 1.05. The van der Waals surface area contributed by atoms with Gasteiger partial charge in [-0.15, -0.1) is 0 Å². The molecule has 14 heavy (non-hydrogen) atoms. The molecule has 0 aliphatic rings. The zero-order valence-corrected chi connectivity index (χ0v) is 8.51. The molecule has 0 saturated heterocycles. The average Bonchev–Trinajstić information content (AvgIpc) is 2.14. The summed E-state index contributed by atoms with van der Waals surface area (Å²) in [4.78, 5) is 9.96. The van der Waals surface area contributed by atoms with E-state index in [1.54, 1.807) is 13.1 Å². The highest BCUT2D eigenvalue weighted by atomic mass is 16.3. The van der Waals surface area contributed by atoms with Crippen LogP contribution in [0.2, 0.25) is 0 Å². The van der Waals surface area contributed by atoms with Gasteiger partial charge >= 0.3 is 0 Å². The number of aliphatic hydroxyl groups is 1. The van der Waals surface area contributed by atoms with Crippen molar-refractivity contribution in [3.63, 3.8) is 0 Å². The number of hydrogen-bond donors (Lipinski definition) is 2. The third kappa shape index (κ3) is 3.18. The predicted octanol–water partition coefficient (Wildman–Crippen LogP) is 0.266. The molecule has 1 rings (SSSR count). The molecular formula is C9H16N4O. The quantitative estimate of drug-likeness (QED) is 0.722. The zero-order valence-electron chi connectivity index (χ0n) is 8.51. The summed E-state index contributed by atoms with van der Waals surface area (Å²) in [5.41, 5.74) is 5.50. The van der Waals surface area contributed by atoms with Gasteiger partial charge in [0.25, 0.3) is 0 Å². The molecule has 0 aromatic carbocycles. The van der Waals surface area contributed by atoms with Crippen molar-refractivity contribution in [3.8, 4) is 0 Å². The Labute approximate surface area is 83.6 Å². The van der Waals surface area contributed by atoms with Crippen LogP contribution in [0.25, 0.3) is 0 Å². The van der Waals surface area contributed by atoms with E-state index in [0.29, 0.717) is 12.2 Å². The number of nitrogen functional groups attached to an aromatic ring is 1. The van der Waals surface area contributed by atoms with Crippen LogP contribution in [-0.4, -0.2) is 34.8 Å². The molecule has 1 heterocycles. The highest BCUT2D eigenvalue weighted by molar-refractivity contribution is 5.40. The van der Waals surface area contributed by atoms with E-state index in [0.717, 1.165) is 12.4 Å². The molecule has 0 amide bonds. The molecule has 0 bridgehead atoms. The molecule has 1 unspecified atom stereocenters. The van der Waals surface area contributed by atoms with Crippen molar-refractivity contribution in [1.82, 2.24) is 9.97 Å². The minimum absolute atomic E-state index is 0.300. The van der Waals surface area contributed by atoms with Gasteiger partial charge in [-0.25, -0.2) is 4.98 Å². The van der Waals surface area contributed by atoms with Gasteiger partial charge in [-0.3, -0.25) is 4.98 Å². The molecule has 5 heteroatoms. The Balaban J connectivity index is 2.56. The average molecular weight is 196 g/mol. The van der Waals surface area contributed by atoms with Crippen molar-refractivity contribution in [2.24, 2.45) is 0 Å². The Kier molecular flexibility index (Phi) is 3.64. The van der Waals surface area contributed by atoms with Crippen LogP contribution < -0.4 is 10.6 Å². The van der Waals surface area contributed by atoms with Crippen molar-refractivity contribution in [2.75, 3.05) is 24.2 Å². The smallest absolute Gasteiger partial charge is 0.149 e. The highest BCUT2D eigenvalue weighted by Gasteiger charge is 2.04.